The zero-order chi connectivity index (χ0) is 12.3. The van der Waals surface area contributed by atoms with E-state index >= 15 is 0 Å². The van der Waals surface area contributed by atoms with Gasteiger partial charge in [0.15, 0.2) is 0 Å². The zero-order valence-corrected chi connectivity index (χ0v) is 9.52. The van der Waals surface area contributed by atoms with Crippen molar-refractivity contribution in [3.8, 4) is 5.75 Å². The monoisotopic (exact) mass is 235 g/mol. The molecule has 1 heterocycles. The number of methoxy groups -OCH3 is 1. The van der Waals surface area contributed by atoms with Gasteiger partial charge < -0.3 is 14.9 Å². The van der Waals surface area contributed by atoms with Gasteiger partial charge in [0.2, 0.25) is 0 Å². The minimum atomic E-state index is -0.489. The topological polar surface area (TPSA) is 48.4 Å². The third-order valence-corrected chi connectivity index (χ3v) is 2.60. The zero-order valence-electron chi connectivity index (χ0n) is 9.52. The molecule has 0 aliphatic carbocycles. The van der Waals surface area contributed by atoms with Gasteiger partial charge in [-0.05, 0) is 24.3 Å². The van der Waals surface area contributed by atoms with Crippen LogP contribution in [0.2, 0.25) is 0 Å². The van der Waals surface area contributed by atoms with Gasteiger partial charge in [0.25, 0.3) is 0 Å². The number of benzene rings is 1. The highest BCUT2D eigenvalue weighted by atomic mass is 19.1. The van der Waals surface area contributed by atoms with E-state index in [1.54, 1.807) is 24.5 Å². The Labute approximate surface area is 99.0 Å². The Morgan fingerprint density at radius 1 is 1.35 bits per heavy atom. The summed E-state index contributed by atoms with van der Waals surface area (Å²) in [5, 5.41) is 0. The Kier molecular flexibility index (Phi) is 3.44. The van der Waals surface area contributed by atoms with Crippen LogP contribution in [0.1, 0.15) is 17.4 Å². The number of rotatable bonds is 4. The molecule has 4 heteroatoms. The summed E-state index contributed by atoms with van der Waals surface area (Å²) in [5.74, 6) is 0.829. The third kappa shape index (κ3) is 2.47. The molecule has 0 saturated heterocycles. The molecule has 2 aromatic rings. The van der Waals surface area contributed by atoms with Crippen LogP contribution in [0, 0.1) is 5.82 Å². The molecule has 1 aromatic heterocycles. The largest absolute Gasteiger partial charge is 0.496 e. The van der Waals surface area contributed by atoms with Crippen LogP contribution in [0.5, 0.6) is 5.75 Å². The van der Waals surface area contributed by atoms with Crippen LogP contribution in [-0.4, -0.2) is 7.11 Å². The molecule has 90 valence electrons. The fourth-order valence-corrected chi connectivity index (χ4v) is 1.80. The van der Waals surface area contributed by atoms with E-state index in [4.69, 9.17) is 14.9 Å². The van der Waals surface area contributed by atoms with Gasteiger partial charge in [-0.3, -0.25) is 0 Å². The van der Waals surface area contributed by atoms with Gasteiger partial charge in [0.1, 0.15) is 17.3 Å². The van der Waals surface area contributed by atoms with Crippen LogP contribution in [0.25, 0.3) is 0 Å². The Balaban J connectivity index is 2.26. The predicted octanol–water partition coefficient (Wildman–Crippen LogP) is 2.67. The molecule has 0 aliphatic rings. The van der Waals surface area contributed by atoms with Crippen molar-refractivity contribution < 1.29 is 13.5 Å². The smallest absolute Gasteiger partial charge is 0.131 e. The quantitative estimate of drug-likeness (QED) is 0.886. The maximum absolute atomic E-state index is 13.7. The van der Waals surface area contributed by atoms with Gasteiger partial charge in [-0.25, -0.2) is 4.39 Å². The van der Waals surface area contributed by atoms with Crippen molar-refractivity contribution in [1.29, 1.82) is 0 Å². The number of furan rings is 1. The molecule has 1 unspecified atom stereocenters. The van der Waals surface area contributed by atoms with Crippen molar-refractivity contribution in [3.63, 3.8) is 0 Å². The minimum absolute atomic E-state index is 0.358. The van der Waals surface area contributed by atoms with E-state index < -0.39 is 6.04 Å². The van der Waals surface area contributed by atoms with Gasteiger partial charge in [0, 0.05) is 18.0 Å². The molecule has 0 amide bonds. The highest BCUT2D eigenvalue weighted by molar-refractivity contribution is 5.37. The van der Waals surface area contributed by atoms with Gasteiger partial charge >= 0.3 is 0 Å². The second-order valence-electron chi connectivity index (χ2n) is 3.75. The summed E-state index contributed by atoms with van der Waals surface area (Å²) < 4.78 is 24.0. The van der Waals surface area contributed by atoms with Crippen molar-refractivity contribution in [2.45, 2.75) is 12.5 Å². The summed E-state index contributed by atoms with van der Waals surface area (Å²) >= 11 is 0. The number of nitrogens with two attached hydrogens (primary N) is 1. The highest BCUT2D eigenvalue weighted by Crippen LogP contribution is 2.28. The summed E-state index contributed by atoms with van der Waals surface area (Å²) in [7, 11) is 1.50. The fraction of sp³-hybridized carbons (Fsp3) is 0.231. The van der Waals surface area contributed by atoms with Gasteiger partial charge in [-0.2, -0.15) is 0 Å². The average Bonchev–Trinajstić information content (AvgIpc) is 2.81. The normalized spacial score (nSPS) is 12.4. The number of hydrogen-bond acceptors (Lipinski definition) is 3. The van der Waals surface area contributed by atoms with Crippen LogP contribution in [0.3, 0.4) is 0 Å². The third-order valence-electron chi connectivity index (χ3n) is 2.60. The molecule has 3 nitrogen and oxygen atoms in total. The average molecular weight is 235 g/mol. The van der Waals surface area contributed by atoms with E-state index in [0.717, 1.165) is 5.76 Å². The predicted molar refractivity (Wildman–Crippen MR) is 62.3 cm³/mol. The van der Waals surface area contributed by atoms with Crippen molar-refractivity contribution in [3.05, 3.63) is 53.7 Å². The van der Waals surface area contributed by atoms with Crippen molar-refractivity contribution in [2.75, 3.05) is 7.11 Å². The van der Waals surface area contributed by atoms with Crippen molar-refractivity contribution in [2.24, 2.45) is 5.73 Å². The SMILES string of the molecule is COc1cccc(F)c1C(N)Cc1ccco1. The van der Waals surface area contributed by atoms with E-state index in [-0.39, 0.29) is 5.82 Å². The first-order valence-corrected chi connectivity index (χ1v) is 5.32. The maximum Gasteiger partial charge on any atom is 0.131 e. The summed E-state index contributed by atoms with van der Waals surface area (Å²) in [5.41, 5.74) is 6.36. The molecule has 2 rings (SSSR count). The molecule has 17 heavy (non-hydrogen) atoms. The van der Waals surface area contributed by atoms with Crippen LogP contribution >= 0.6 is 0 Å². The Morgan fingerprint density at radius 3 is 2.82 bits per heavy atom. The molecule has 2 N–H and O–H groups in total. The molecule has 0 bridgehead atoms. The molecular formula is C13H14FNO2. The van der Waals surface area contributed by atoms with E-state index in [1.807, 2.05) is 6.07 Å². The van der Waals surface area contributed by atoms with Gasteiger partial charge in [-0.15, -0.1) is 0 Å². The molecular weight excluding hydrogens is 221 g/mol. The van der Waals surface area contributed by atoms with Crippen molar-refractivity contribution >= 4 is 0 Å². The first kappa shape index (κ1) is 11.7. The molecule has 1 aromatic carbocycles. The lowest BCUT2D eigenvalue weighted by Crippen LogP contribution is -2.16. The molecule has 0 radical (unpaired) electrons. The van der Waals surface area contributed by atoms with Crippen LogP contribution in [0.15, 0.2) is 41.0 Å². The number of ether oxygens (including phenoxy) is 1. The molecule has 0 spiro atoms. The second-order valence-corrected chi connectivity index (χ2v) is 3.75. The number of hydrogen-bond donors (Lipinski definition) is 1. The van der Waals surface area contributed by atoms with Crippen LogP contribution in [0.4, 0.5) is 4.39 Å². The van der Waals surface area contributed by atoms with Crippen LogP contribution < -0.4 is 10.5 Å². The molecule has 0 aliphatic heterocycles. The molecule has 1 atom stereocenters. The summed E-state index contributed by atoms with van der Waals surface area (Å²) in [6.07, 6.45) is 2.00. The Morgan fingerprint density at radius 2 is 2.18 bits per heavy atom. The van der Waals surface area contributed by atoms with Gasteiger partial charge in [-0.1, -0.05) is 6.07 Å². The highest BCUT2D eigenvalue weighted by Gasteiger charge is 2.18. The first-order valence-electron chi connectivity index (χ1n) is 5.32. The lowest BCUT2D eigenvalue weighted by Gasteiger charge is -2.15. The maximum atomic E-state index is 13.7. The van der Waals surface area contributed by atoms with E-state index in [0.29, 0.717) is 17.7 Å². The first-order chi connectivity index (χ1) is 8.22. The van der Waals surface area contributed by atoms with E-state index in [2.05, 4.69) is 0 Å². The Hall–Kier alpha value is -1.81. The van der Waals surface area contributed by atoms with Crippen molar-refractivity contribution in [1.82, 2.24) is 0 Å². The summed E-state index contributed by atoms with van der Waals surface area (Å²) in [6, 6.07) is 7.77. The standard InChI is InChI=1S/C13H14FNO2/c1-16-12-6-2-5-10(14)13(12)11(15)8-9-4-3-7-17-9/h2-7,11H,8,15H2,1H3. The minimum Gasteiger partial charge on any atom is -0.496 e. The van der Waals surface area contributed by atoms with Gasteiger partial charge in [0.05, 0.1) is 13.4 Å². The molecule has 0 fully saturated rings. The lowest BCUT2D eigenvalue weighted by molar-refractivity contribution is 0.395. The Bertz CT molecular complexity index is 482. The second kappa shape index (κ2) is 5.01. The fourth-order valence-electron chi connectivity index (χ4n) is 1.80. The van der Waals surface area contributed by atoms with Crippen LogP contribution in [-0.2, 0) is 6.42 Å². The molecule has 0 saturated carbocycles. The lowest BCUT2D eigenvalue weighted by atomic mass is 10.0. The summed E-state index contributed by atoms with van der Waals surface area (Å²) in [4.78, 5) is 0. The number of halogens is 1. The summed E-state index contributed by atoms with van der Waals surface area (Å²) in [6.45, 7) is 0. The van der Waals surface area contributed by atoms with E-state index in [9.17, 15) is 4.39 Å². The van der Waals surface area contributed by atoms with E-state index in [1.165, 1.54) is 13.2 Å².